The summed E-state index contributed by atoms with van der Waals surface area (Å²) >= 11 is 6.13. The molecule has 0 radical (unpaired) electrons. The van der Waals surface area contributed by atoms with Gasteiger partial charge in [0.15, 0.2) is 0 Å². The molecule has 1 N–H and O–H groups in total. The molecule has 1 fully saturated rings. The second-order valence-corrected chi connectivity index (χ2v) is 8.07. The topological polar surface area (TPSA) is 47.6 Å². The van der Waals surface area contributed by atoms with E-state index in [1.54, 1.807) is 12.1 Å². The molecule has 0 spiro atoms. The summed E-state index contributed by atoms with van der Waals surface area (Å²) in [4.78, 5) is 12.4. The zero-order chi connectivity index (χ0) is 21.0. The van der Waals surface area contributed by atoms with Crippen molar-refractivity contribution in [2.24, 2.45) is 0 Å². The lowest BCUT2D eigenvalue weighted by molar-refractivity contribution is -0.129. The first-order chi connectivity index (χ1) is 13.8. The highest BCUT2D eigenvalue weighted by molar-refractivity contribution is 6.30. The van der Waals surface area contributed by atoms with Crippen LogP contribution in [0.25, 0.3) is 0 Å². The predicted octanol–water partition coefficient (Wildman–Crippen LogP) is 5.12. The van der Waals surface area contributed by atoms with Crippen LogP contribution in [0.4, 0.5) is 8.78 Å². The molecule has 3 atom stereocenters. The van der Waals surface area contributed by atoms with Gasteiger partial charge in [0.2, 0.25) is 5.91 Å². The number of nitrogens with one attached hydrogen (secondary N) is 1. The highest BCUT2D eigenvalue weighted by Crippen LogP contribution is 2.44. The molecule has 1 aliphatic heterocycles. The SMILES string of the molecule is COCCC(=O)N[C@@]1(C)C[C@@H](c2cccc(Cl)c2)O[C@@H](c2cc(F)cc(F)c2)C1. The first-order valence-corrected chi connectivity index (χ1v) is 9.83. The molecule has 0 aromatic heterocycles. The summed E-state index contributed by atoms with van der Waals surface area (Å²) < 4.78 is 38.8. The van der Waals surface area contributed by atoms with E-state index in [9.17, 15) is 13.6 Å². The number of methoxy groups -OCH3 is 1. The number of rotatable bonds is 6. The molecule has 1 amide bonds. The van der Waals surface area contributed by atoms with Crippen LogP contribution in [0.5, 0.6) is 0 Å². The Morgan fingerprint density at radius 3 is 2.45 bits per heavy atom. The minimum atomic E-state index is -0.667. The molecule has 1 aliphatic rings. The van der Waals surface area contributed by atoms with Gasteiger partial charge >= 0.3 is 0 Å². The van der Waals surface area contributed by atoms with Crippen LogP contribution in [0.3, 0.4) is 0 Å². The van der Waals surface area contributed by atoms with Gasteiger partial charge in [-0.2, -0.15) is 0 Å². The Bertz CT molecular complexity index is 859. The van der Waals surface area contributed by atoms with Crippen molar-refractivity contribution in [1.82, 2.24) is 5.32 Å². The maximum absolute atomic E-state index is 13.8. The zero-order valence-electron chi connectivity index (χ0n) is 16.4. The summed E-state index contributed by atoms with van der Waals surface area (Å²) in [6, 6.07) is 10.6. The Kier molecular flexibility index (Phi) is 6.88. The highest BCUT2D eigenvalue weighted by atomic mass is 35.5. The Morgan fingerprint density at radius 1 is 1.17 bits per heavy atom. The fraction of sp³-hybridized carbons (Fsp3) is 0.409. The van der Waals surface area contributed by atoms with Gasteiger partial charge in [0.1, 0.15) is 11.6 Å². The van der Waals surface area contributed by atoms with Gasteiger partial charge in [-0.25, -0.2) is 8.78 Å². The molecule has 0 saturated carbocycles. The van der Waals surface area contributed by atoms with Crippen molar-refractivity contribution in [2.45, 2.75) is 43.9 Å². The van der Waals surface area contributed by atoms with Crippen molar-refractivity contribution in [3.63, 3.8) is 0 Å². The number of carbonyl (C=O) groups is 1. The van der Waals surface area contributed by atoms with Crippen LogP contribution in [-0.4, -0.2) is 25.2 Å². The summed E-state index contributed by atoms with van der Waals surface area (Å²) in [6.07, 6.45) is 0.122. The molecule has 1 saturated heterocycles. The number of benzene rings is 2. The molecule has 156 valence electrons. The van der Waals surface area contributed by atoms with Crippen molar-refractivity contribution in [3.8, 4) is 0 Å². The van der Waals surface area contributed by atoms with Gasteiger partial charge in [-0.15, -0.1) is 0 Å². The predicted molar refractivity (Wildman–Crippen MR) is 107 cm³/mol. The van der Waals surface area contributed by atoms with Crippen LogP contribution < -0.4 is 5.32 Å². The van der Waals surface area contributed by atoms with Crippen molar-refractivity contribution in [1.29, 1.82) is 0 Å². The summed E-state index contributed by atoms with van der Waals surface area (Å²) in [5, 5.41) is 3.62. The Hall–Kier alpha value is -2.02. The van der Waals surface area contributed by atoms with Gasteiger partial charge in [-0.05, 0) is 42.3 Å². The lowest BCUT2D eigenvalue weighted by Crippen LogP contribution is -2.51. The third-order valence-corrected chi connectivity index (χ3v) is 5.29. The average molecular weight is 424 g/mol. The summed E-state index contributed by atoms with van der Waals surface area (Å²) in [5.41, 5.74) is 0.604. The van der Waals surface area contributed by atoms with E-state index in [-0.39, 0.29) is 12.3 Å². The number of hydrogen-bond donors (Lipinski definition) is 1. The van der Waals surface area contributed by atoms with E-state index < -0.39 is 29.4 Å². The fourth-order valence-corrected chi connectivity index (χ4v) is 3.95. The summed E-state index contributed by atoms with van der Waals surface area (Å²) in [5.74, 6) is -1.48. The second kappa shape index (κ2) is 9.20. The molecule has 2 aromatic carbocycles. The number of amides is 1. The first-order valence-electron chi connectivity index (χ1n) is 9.45. The van der Waals surface area contributed by atoms with E-state index in [0.717, 1.165) is 11.6 Å². The van der Waals surface area contributed by atoms with Gasteiger partial charge < -0.3 is 14.8 Å². The monoisotopic (exact) mass is 423 g/mol. The Morgan fingerprint density at radius 2 is 1.83 bits per heavy atom. The number of carbonyl (C=O) groups excluding carboxylic acids is 1. The molecule has 0 unspecified atom stereocenters. The van der Waals surface area contributed by atoms with E-state index in [4.69, 9.17) is 21.1 Å². The zero-order valence-corrected chi connectivity index (χ0v) is 17.1. The van der Waals surface area contributed by atoms with Crippen LogP contribution in [0.15, 0.2) is 42.5 Å². The van der Waals surface area contributed by atoms with Gasteiger partial charge in [0.05, 0.1) is 18.8 Å². The van der Waals surface area contributed by atoms with Gasteiger partial charge in [-0.1, -0.05) is 23.7 Å². The summed E-state index contributed by atoms with van der Waals surface area (Å²) in [6.45, 7) is 2.23. The van der Waals surface area contributed by atoms with Crippen molar-refractivity contribution >= 4 is 17.5 Å². The molecule has 0 aliphatic carbocycles. The van der Waals surface area contributed by atoms with E-state index in [1.165, 1.54) is 19.2 Å². The second-order valence-electron chi connectivity index (χ2n) is 7.63. The lowest BCUT2D eigenvalue weighted by Gasteiger charge is -2.43. The molecule has 0 bridgehead atoms. The molecule has 4 nitrogen and oxygen atoms in total. The largest absolute Gasteiger partial charge is 0.384 e. The Balaban J connectivity index is 1.91. The molecule has 29 heavy (non-hydrogen) atoms. The third-order valence-electron chi connectivity index (χ3n) is 5.05. The molecular weight excluding hydrogens is 400 g/mol. The maximum atomic E-state index is 13.8. The molecule has 7 heteroatoms. The molecule has 1 heterocycles. The van der Waals surface area contributed by atoms with E-state index in [1.807, 2.05) is 19.1 Å². The standard InChI is InChI=1S/C22H24ClF2NO3/c1-22(26-21(27)6-7-28-2)12-19(14-4-3-5-16(23)8-14)29-20(13-22)15-9-17(24)11-18(25)10-15/h3-5,8-11,19-20H,6-7,12-13H2,1-2H3,(H,26,27)/t19-,20+,22-/m0/s1. The van der Waals surface area contributed by atoms with Crippen LogP contribution in [0.2, 0.25) is 5.02 Å². The van der Waals surface area contributed by atoms with E-state index in [0.29, 0.717) is 30.0 Å². The average Bonchev–Trinajstić information content (AvgIpc) is 2.65. The van der Waals surface area contributed by atoms with Crippen molar-refractivity contribution < 1.29 is 23.0 Å². The van der Waals surface area contributed by atoms with Crippen LogP contribution >= 0.6 is 11.6 Å². The van der Waals surface area contributed by atoms with E-state index >= 15 is 0 Å². The molecular formula is C22H24ClF2NO3. The van der Waals surface area contributed by atoms with E-state index in [2.05, 4.69) is 5.32 Å². The highest BCUT2D eigenvalue weighted by Gasteiger charge is 2.40. The van der Waals surface area contributed by atoms with Gasteiger partial charge in [0, 0.05) is 43.0 Å². The van der Waals surface area contributed by atoms with Crippen LogP contribution in [-0.2, 0) is 14.3 Å². The van der Waals surface area contributed by atoms with Crippen LogP contribution in [0, 0.1) is 11.6 Å². The van der Waals surface area contributed by atoms with Crippen LogP contribution in [0.1, 0.15) is 49.5 Å². The lowest BCUT2D eigenvalue weighted by atomic mass is 9.81. The van der Waals surface area contributed by atoms with Gasteiger partial charge in [0.25, 0.3) is 0 Å². The smallest absolute Gasteiger partial charge is 0.222 e. The minimum Gasteiger partial charge on any atom is -0.384 e. The first kappa shape index (κ1) is 21.7. The quantitative estimate of drug-likeness (QED) is 0.701. The molecule has 2 aromatic rings. The Labute approximate surface area is 174 Å². The summed E-state index contributed by atoms with van der Waals surface area (Å²) in [7, 11) is 1.53. The normalized spacial score (nSPS) is 24.3. The minimum absolute atomic E-state index is 0.148. The maximum Gasteiger partial charge on any atom is 0.222 e. The van der Waals surface area contributed by atoms with Gasteiger partial charge in [-0.3, -0.25) is 4.79 Å². The number of halogens is 3. The number of ether oxygens (including phenoxy) is 2. The molecule has 3 rings (SSSR count). The van der Waals surface area contributed by atoms with Crippen molar-refractivity contribution in [3.05, 3.63) is 70.2 Å². The number of hydrogen-bond acceptors (Lipinski definition) is 3. The third kappa shape index (κ3) is 5.75. The van der Waals surface area contributed by atoms with Crippen molar-refractivity contribution in [2.75, 3.05) is 13.7 Å². The fourth-order valence-electron chi connectivity index (χ4n) is 3.75.